The molecule has 1 aromatic heterocycles. The van der Waals surface area contributed by atoms with Crippen LogP contribution in [-0.2, 0) is 4.79 Å². The van der Waals surface area contributed by atoms with Crippen molar-refractivity contribution in [2.24, 2.45) is 0 Å². The molecule has 0 aliphatic rings. The molecule has 0 amide bonds. The number of rotatable bonds is 7. The number of aliphatic carboxylic acids is 1. The van der Waals surface area contributed by atoms with Crippen LogP contribution in [0.2, 0.25) is 0 Å². The fourth-order valence-electron chi connectivity index (χ4n) is 1.31. The van der Waals surface area contributed by atoms with Crippen LogP contribution in [-0.4, -0.2) is 34.2 Å². The lowest BCUT2D eigenvalue weighted by Gasteiger charge is -2.08. The lowest BCUT2D eigenvalue weighted by molar-refractivity contribution is -0.131. The molecular weight excluding hydrogens is 250 g/mol. The number of pyridine rings is 1. The van der Waals surface area contributed by atoms with E-state index in [1.54, 1.807) is 11.8 Å². The zero-order valence-electron chi connectivity index (χ0n) is 10.5. The number of hydrogen-bond donors (Lipinski definition) is 1. The van der Waals surface area contributed by atoms with E-state index in [4.69, 9.17) is 9.84 Å². The third kappa shape index (κ3) is 5.23. The van der Waals surface area contributed by atoms with E-state index in [-0.39, 0.29) is 0 Å². The molecule has 0 unspecified atom stereocenters. The van der Waals surface area contributed by atoms with E-state index < -0.39 is 5.97 Å². The van der Waals surface area contributed by atoms with Crippen molar-refractivity contribution in [2.75, 3.05) is 18.1 Å². The molecule has 1 aromatic rings. The summed E-state index contributed by atoms with van der Waals surface area (Å²) in [6.07, 6.45) is 2.52. The predicted molar refractivity (Wildman–Crippen MR) is 74.1 cm³/mol. The van der Waals surface area contributed by atoms with Gasteiger partial charge in [-0.3, -0.25) is 0 Å². The highest BCUT2D eigenvalue weighted by Gasteiger charge is 2.03. The van der Waals surface area contributed by atoms with Gasteiger partial charge >= 0.3 is 5.97 Å². The molecule has 0 aliphatic heterocycles. The predicted octanol–water partition coefficient (Wildman–Crippen LogP) is 2.62. The van der Waals surface area contributed by atoms with Crippen LogP contribution in [0.15, 0.2) is 18.2 Å². The second-order valence-electron chi connectivity index (χ2n) is 3.55. The maximum Gasteiger partial charge on any atom is 0.328 e. The summed E-state index contributed by atoms with van der Waals surface area (Å²) in [5.74, 6) is 1.59. The van der Waals surface area contributed by atoms with Crippen LogP contribution in [0.4, 0.5) is 0 Å². The standard InChI is InChI=1S/C13H17NO3S/c1-3-18-9-8-17-12-6-4-10(2)14-11(12)5-7-13(15)16/h4-7H,3,8-9H2,1-2H3,(H,15,16)/b7-5+. The summed E-state index contributed by atoms with van der Waals surface area (Å²) >= 11 is 1.80. The van der Waals surface area contributed by atoms with Crippen molar-refractivity contribution in [3.8, 4) is 5.75 Å². The van der Waals surface area contributed by atoms with E-state index in [0.717, 1.165) is 23.3 Å². The zero-order chi connectivity index (χ0) is 13.4. The van der Waals surface area contributed by atoms with Gasteiger partial charge in [0.15, 0.2) is 0 Å². The number of ether oxygens (including phenoxy) is 1. The molecule has 0 radical (unpaired) electrons. The van der Waals surface area contributed by atoms with Crippen LogP contribution in [0.1, 0.15) is 18.3 Å². The number of carbonyl (C=O) groups is 1. The number of hydrogen-bond acceptors (Lipinski definition) is 4. The topological polar surface area (TPSA) is 59.4 Å². The largest absolute Gasteiger partial charge is 0.490 e. The maximum absolute atomic E-state index is 10.5. The Labute approximate surface area is 111 Å². The first-order chi connectivity index (χ1) is 8.63. The minimum Gasteiger partial charge on any atom is -0.490 e. The SMILES string of the molecule is CCSCCOc1ccc(C)nc1/C=C/C(=O)O. The molecule has 18 heavy (non-hydrogen) atoms. The van der Waals surface area contributed by atoms with Gasteiger partial charge in [0, 0.05) is 17.5 Å². The Morgan fingerprint density at radius 3 is 3.00 bits per heavy atom. The minimum atomic E-state index is -0.995. The summed E-state index contributed by atoms with van der Waals surface area (Å²) in [6.45, 7) is 4.55. The van der Waals surface area contributed by atoms with Crippen LogP contribution in [0.3, 0.4) is 0 Å². The summed E-state index contributed by atoms with van der Waals surface area (Å²) in [4.78, 5) is 14.8. The molecular formula is C13H17NO3S. The van der Waals surface area contributed by atoms with Crippen molar-refractivity contribution in [1.29, 1.82) is 0 Å². The number of carboxylic acids is 1. The lowest BCUT2D eigenvalue weighted by Crippen LogP contribution is -2.03. The van der Waals surface area contributed by atoms with Gasteiger partial charge in [-0.1, -0.05) is 6.92 Å². The van der Waals surface area contributed by atoms with Crippen molar-refractivity contribution < 1.29 is 14.6 Å². The molecule has 0 aliphatic carbocycles. The van der Waals surface area contributed by atoms with Gasteiger partial charge in [0.2, 0.25) is 0 Å². The van der Waals surface area contributed by atoms with Crippen LogP contribution < -0.4 is 4.74 Å². The molecule has 1 N–H and O–H groups in total. The maximum atomic E-state index is 10.5. The van der Waals surface area contributed by atoms with Gasteiger partial charge in [-0.05, 0) is 30.9 Å². The first-order valence-corrected chi connectivity index (χ1v) is 6.88. The van der Waals surface area contributed by atoms with Gasteiger partial charge in [0.1, 0.15) is 11.4 Å². The second kappa shape index (κ2) is 7.76. The van der Waals surface area contributed by atoms with Crippen LogP contribution in [0.5, 0.6) is 5.75 Å². The molecule has 1 heterocycles. The highest BCUT2D eigenvalue weighted by Crippen LogP contribution is 2.18. The van der Waals surface area contributed by atoms with E-state index in [2.05, 4.69) is 11.9 Å². The highest BCUT2D eigenvalue weighted by molar-refractivity contribution is 7.99. The molecule has 1 rings (SSSR count). The van der Waals surface area contributed by atoms with E-state index in [0.29, 0.717) is 18.1 Å². The Morgan fingerprint density at radius 1 is 1.56 bits per heavy atom. The average Bonchev–Trinajstić information content (AvgIpc) is 2.34. The Balaban J connectivity index is 2.73. The quantitative estimate of drug-likeness (QED) is 0.608. The van der Waals surface area contributed by atoms with Crippen LogP contribution >= 0.6 is 11.8 Å². The Bertz CT molecular complexity index is 432. The van der Waals surface area contributed by atoms with E-state index in [1.807, 2.05) is 19.1 Å². The van der Waals surface area contributed by atoms with E-state index in [1.165, 1.54) is 6.08 Å². The van der Waals surface area contributed by atoms with Crippen molar-refractivity contribution in [2.45, 2.75) is 13.8 Å². The number of aryl methyl sites for hydroxylation is 1. The molecule has 5 heteroatoms. The third-order valence-corrected chi connectivity index (χ3v) is 2.96. The van der Waals surface area contributed by atoms with Gasteiger partial charge in [0.05, 0.1) is 6.61 Å². The van der Waals surface area contributed by atoms with Gasteiger partial charge < -0.3 is 9.84 Å². The minimum absolute atomic E-state index is 0.555. The van der Waals surface area contributed by atoms with Crippen LogP contribution in [0.25, 0.3) is 6.08 Å². The Kier molecular flexibility index (Phi) is 6.28. The zero-order valence-corrected chi connectivity index (χ0v) is 11.4. The first kappa shape index (κ1) is 14.6. The Hall–Kier alpha value is -1.49. The van der Waals surface area contributed by atoms with E-state index >= 15 is 0 Å². The fourth-order valence-corrected chi connectivity index (χ4v) is 1.80. The van der Waals surface area contributed by atoms with Crippen molar-refractivity contribution >= 4 is 23.8 Å². The lowest BCUT2D eigenvalue weighted by atomic mass is 10.2. The van der Waals surface area contributed by atoms with Crippen molar-refractivity contribution in [1.82, 2.24) is 4.98 Å². The molecule has 4 nitrogen and oxygen atoms in total. The molecule has 0 bridgehead atoms. The van der Waals surface area contributed by atoms with Gasteiger partial charge in [-0.15, -0.1) is 0 Å². The first-order valence-electron chi connectivity index (χ1n) is 5.72. The number of aromatic nitrogens is 1. The molecule has 0 saturated heterocycles. The molecule has 0 saturated carbocycles. The number of thioether (sulfide) groups is 1. The highest BCUT2D eigenvalue weighted by atomic mass is 32.2. The average molecular weight is 267 g/mol. The molecule has 98 valence electrons. The summed E-state index contributed by atoms with van der Waals surface area (Å²) in [5, 5.41) is 8.62. The number of nitrogens with zero attached hydrogens (tertiary/aromatic N) is 1. The molecule has 0 fully saturated rings. The second-order valence-corrected chi connectivity index (χ2v) is 4.95. The van der Waals surface area contributed by atoms with Gasteiger partial charge in [-0.25, -0.2) is 9.78 Å². The smallest absolute Gasteiger partial charge is 0.328 e. The summed E-state index contributed by atoms with van der Waals surface area (Å²) in [5.41, 5.74) is 1.38. The summed E-state index contributed by atoms with van der Waals surface area (Å²) in [6, 6.07) is 3.67. The molecule has 0 aromatic carbocycles. The van der Waals surface area contributed by atoms with Gasteiger partial charge in [0.25, 0.3) is 0 Å². The van der Waals surface area contributed by atoms with E-state index in [9.17, 15) is 4.79 Å². The Morgan fingerprint density at radius 2 is 2.33 bits per heavy atom. The summed E-state index contributed by atoms with van der Waals surface area (Å²) in [7, 11) is 0. The third-order valence-electron chi connectivity index (χ3n) is 2.10. The summed E-state index contributed by atoms with van der Waals surface area (Å²) < 4.78 is 5.60. The fraction of sp³-hybridized carbons (Fsp3) is 0.385. The molecule has 0 spiro atoms. The van der Waals surface area contributed by atoms with Crippen molar-refractivity contribution in [3.63, 3.8) is 0 Å². The van der Waals surface area contributed by atoms with Crippen molar-refractivity contribution in [3.05, 3.63) is 29.6 Å². The normalized spacial score (nSPS) is 10.8. The van der Waals surface area contributed by atoms with Gasteiger partial charge in [-0.2, -0.15) is 11.8 Å². The molecule has 0 atom stereocenters. The van der Waals surface area contributed by atoms with Crippen LogP contribution in [0, 0.1) is 6.92 Å². The monoisotopic (exact) mass is 267 g/mol. The number of carboxylic acid groups (broad SMARTS) is 1.